The first-order valence-electron chi connectivity index (χ1n) is 2.74. The quantitative estimate of drug-likeness (QED) is 0.525. The lowest BCUT2D eigenvalue weighted by molar-refractivity contribution is 0.0320. The van der Waals surface area contributed by atoms with Crippen molar-refractivity contribution in [2.45, 2.75) is 6.29 Å². The fourth-order valence-electron chi connectivity index (χ4n) is 0.565. The molecule has 0 aliphatic carbocycles. The number of rotatable bonds is 2. The molecule has 1 aliphatic heterocycles. The fourth-order valence-corrected chi connectivity index (χ4v) is 1.79. The van der Waals surface area contributed by atoms with Crippen molar-refractivity contribution >= 4 is 20.5 Å². The molecule has 0 amide bonds. The highest BCUT2D eigenvalue weighted by Crippen LogP contribution is 2.14. The Bertz CT molecular complexity index is 350. The maximum atomic E-state index is 10.4. The van der Waals surface area contributed by atoms with E-state index in [9.17, 15) is 16.8 Å². The van der Waals surface area contributed by atoms with E-state index in [0.717, 1.165) is 6.26 Å². The summed E-state index contributed by atoms with van der Waals surface area (Å²) < 4.78 is 54.0. The lowest BCUT2D eigenvalue weighted by Gasteiger charge is -2.02. The van der Waals surface area contributed by atoms with Crippen LogP contribution in [0.1, 0.15) is 0 Å². The first-order chi connectivity index (χ1) is 5.29. The summed E-state index contributed by atoms with van der Waals surface area (Å²) in [6.45, 7) is -0.449. The van der Waals surface area contributed by atoms with E-state index in [4.69, 9.17) is 0 Å². The van der Waals surface area contributed by atoms with E-state index in [2.05, 4.69) is 12.5 Å². The summed E-state index contributed by atoms with van der Waals surface area (Å²) in [5, 5.41) is 0. The summed E-state index contributed by atoms with van der Waals surface area (Å²) in [6.07, 6.45) is -0.619. The van der Waals surface area contributed by atoms with Crippen molar-refractivity contribution in [3.8, 4) is 0 Å². The van der Waals surface area contributed by atoms with Crippen LogP contribution in [-0.2, 0) is 33.1 Å². The van der Waals surface area contributed by atoms with Gasteiger partial charge in [0.05, 0.1) is 6.26 Å². The maximum Gasteiger partial charge on any atom is 0.402 e. The third kappa shape index (κ3) is 3.03. The Balaban J connectivity index is 2.61. The molecule has 0 radical (unpaired) electrons. The molecule has 0 aromatic heterocycles. The summed E-state index contributed by atoms with van der Waals surface area (Å²) in [4.78, 5) is 0. The predicted molar refractivity (Wildman–Crippen MR) is 35.7 cm³/mol. The molecular formula is C3H6O7S2. The molecule has 9 heteroatoms. The highest BCUT2D eigenvalue weighted by Gasteiger charge is 2.33. The standard InChI is InChI=1S/C3H6O7S2/c1-11(4,5)9-3-2-8-12(6,7)10-3/h3H,2H2,1H3. The van der Waals surface area contributed by atoms with Gasteiger partial charge in [-0.05, 0) is 0 Å². The second kappa shape index (κ2) is 2.92. The van der Waals surface area contributed by atoms with Crippen LogP contribution in [0.15, 0.2) is 0 Å². The normalized spacial score (nSPS) is 28.9. The van der Waals surface area contributed by atoms with Crippen molar-refractivity contribution in [1.82, 2.24) is 0 Å². The number of hydrogen-bond acceptors (Lipinski definition) is 7. The van der Waals surface area contributed by atoms with Crippen molar-refractivity contribution in [3.63, 3.8) is 0 Å². The first kappa shape index (κ1) is 9.86. The van der Waals surface area contributed by atoms with Crippen molar-refractivity contribution in [3.05, 3.63) is 0 Å². The molecule has 12 heavy (non-hydrogen) atoms. The Labute approximate surface area is 69.7 Å². The first-order valence-corrected chi connectivity index (χ1v) is 5.89. The lowest BCUT2D eigenvalue weighted by Crippen LogP contribution is -2.19. The fraction of sp³-hybridized carbons (Fsp3) is 1.00. The van der Waals surface area contributed by atoms with E-state index in [1.54, 1.807) is 0 Å². The molecule has 0 spiro atoms. The zero-order chi connectivity index (χ0) is 9.41. The third-order valence-electron chi connectivity index (χ3n) is 0.856. The minimum atomic E-state index is -4.06. The maximum absolute atomic E-state index is 10.4. The highest BCUT2D eigenvalue weighted by molar-refractivity contribution is 7.86. The average Bonchev–Trinajstić information content (AvgIpc) is 2.05. The summed E-state index contributed by atoms with van der Waals surface area (Å²) >= 11 is 0. The predicted octanol–water partition coefficient (Wildman–Crippen LogP) is -1.42. The van der Waals surface area contributed by atoms with Crippen LogP contribution in [0.3, 0.4) is 0 Å². The zero-order valence-electron chi connectivity index (χ0n) is 5.96. The Morgan fingerprint density at radius 3 is 2.42 bits per heavy atom. The molecule has 1 saturated heterocycles. The van der Waals surface area contributed by atoms with Crippen LogP contribution in [0, 0.1) is 0 Å². The van der Waals surface area contributed by atoms with Crippen LogP contribution in [0.4, 0.5) is 0 Å². The van der Waals surface area contributed by atoms with Gasteiger partial charge in [-0.25, -0.2) is 12.5 Å². The van der Waals surface area contributed by atoms with Crippen molar-refractivity contribution < 1.29 is 29.4 Å². The van der Waals surface area contributed by atoms with Crippen LogP contribution in [0.2, 0.25) is 0 Å². The van der Waals surface area contributed by atoms with Gasteiger partial charge in [-0.2, -0.15) is 16.8 Å². The molecule has 1 atom stereocenters. The van der Waals surface area contributed by atoms with Crippen LogP contribution in [-0.4, -0.2) is 36.0 Å². The summed E-state index contributed by atoms with van der Waals surface area (Å²) in [7, 11) is -7.78. The second-order valence-corrected chi connectivity index (χ2v) is 4.86. The molecule has 1 unspecified atom stereocenters. The van der Waals surface area contributed by atoms with Crippen LogP contribution >= 0.6 is 0 Å². The monoisotopic (exact) mass is 218 g/mol. The topological polar surface area (TPSA) is 96.0 Å². The van der Waals surface area contributed by atoms with E-state index < -0.39 is 33.4 Å². The van der Waals surface area contributed by atoms with Gasteiger partial charge in [0, 0.05) is 0 Å². The minimum absolute atomic E-state index is 0.449. The molecule has 0 saturated carbocycles. The molecule has 0 bridgehead atoms. The van der Waals surface area contributed by atoms with Crippen LogP contribution in [0.5, 0.6) is 0 Å². The molecule has 1 rings (SSSR count). The highest BCUT2D eigenvalue weighted by atomic mass is 32.3. The second-order valence-electron chi connectivity index (χ2n) is 2.02. The van der Waals surface area contributed by atoms with Gasteiger partial charge in [-0.3, -0.25) is 0 Å². The third-order valence-corrected chi connectivity index (χ3v) is 2.30. The average molecular weight is 218 g/mol. The number of hydrogen-bond donors (Lipinski definition) is 0. The molecule has 0 aromatic carbocycles. The Morgan fingerprint density at radius 2 is 2.08 bits per heavy atom. The van der Waals surface area contributed by atoms with Gasteiger partial charge < -0.3 is 0 Å². The molecule has 1 aliphatic rings. The Hall–Kier alpha value is -0.220. The van der Waals surface area contributed by atoms with Crippen molar-refractivity contribution in [2.75, 3.05) is 12.9 Å². The largest absolute Gasteiger partial charge is 0.402 e. The molecular weight excluding hydrogens is 212 g/mol. The summed E-state index contributed by atoms with van der Waals surface area (Å²) in [5.74, 6) is 0. The van der Waals surface area contributed by atoms with Gasteiger partial charge in [0.1, 0.15) is 6.61 Å². The van der Waals surface area contributed by atoms with Crippen molar-refractivity contribution in [2.24, 2.45) is 0 Å². The van der Waals surface area contributed by atoms with Gasteiger partial charge in [0.25, 0.3) is 10.1 Å². The van der Waals surface area contributed by atoms with Gasteiger partial charge in [-0.1, -0.05) is 0 Å². The van der Waals surface area contributed by atoms with E-state index in [0.29, 0.717) is 0 Å². The molecule has 7 nitrogen and oxygen atoms in total. The zero-order valence-corrected chi connectivity index (χ0v) is 7.59. The SMILES string of the molecule is CS(=O)(=O)OC1COS(=O)(=O)O1. The lowest BCUT2D eigenvalue weighted by atomic mass is 10.7. The Morgan fingerprint density at radius 1 is 1.50 bits per heavy atom. The van der Waals surface area contributed by atoms with Crippen molar-refractivity contribution in [1.29, 1.82) is 0 Å². The molecule has 0 aromatic rings. The minimum Gasteiger partial charge on any atom is -0.243 e. The molecule has 1 heterocycles. The smallest absolute Gasteiger partial charge is 0.243 e. The summed E-state index contributed by atoms with van der Waals surface area (Å²) in [5.41, 5.74) is 0. The molecule has 72 valence electrons. The van der Waals surface area contributed by atoms with Gasteiger partial charge in [0.15, 0.2) is 0 Å². The van der Waals surface area contributed by atoms with E-state index >= 15 is 0 Å². The van der Waals surface area contributed by atoms with Gasteiger partial charge in [0.2, 0.25) is 6.29 Å². The van der Waals surface area contributed by atoms with E-state index in [1.807, 2.05) is 0 Å². The van der Waals surface area contributed by atoms with Crippen LogP contribution < -0.4 is 0 Å². The van der Waals surface area contributed by atoms with E-state index in [-0.39, 0.29) is 0 Å². The molecule has 0 N–H and O–H groups in total. The van der Waals surface area contributed by atoms with E-state index in [1.165, 1.54) is 0 Å². The van der Waals surface area contributed by atoms with Gasteiger partial charge >= 0.3 is 10.4 Å². The summed E-state index contributed by atoms with van der Waals surface area (Å²) in [6, 6.07) is 0. The van der Waals surface area contributed by atoms with Gasteiger partial charge in [-0.15, -0.1) is 0 Å². The molecule has 1 fully saturated rings. The Kier molecular flexibility index (Phi) is 2.40. The van der Waals surface area contributed by atoms with Crippen LogP contribution in [0.25, 0.3) is 0 Å².